The van der Waals surface area contributed by atoms with Gasteiger partial charge in [0, 0.05) is 0 Å². The van der Waals surface area contributed by atoms with Crippen LogP contribution < -0.4 is 4.74 Å². The summed E-state index contributed by atoms with van der Waals surface area (Å²) in [6.45, 7) is 2.48. The van der Waals surface area contributed by atoms with Gasteiger partial charge in [-0.1, -0.05) is 60.2 Å². The molecular weight excluding hydrogens is 370 g/mol. The summed E-state index contributed by atoms with van der Waals surface area (Å²) in [6.07, 6.45) is 1.37. The van der Waals surface area contributed by atoms with Crippen LogP contribution in [0.15, 0.2) is 88.7 Å². The van der Waals surface area contributed by atoms with E-state index in [9.17, 15) is 13.7 Å². The van der Waals surface area contributed by atoms with Crippen LogP contribution in [-0.2, 0) is 16.4 Å². The molecular formula is C23H19NO3S. The lowest BCUT2D eigenvalue weighted by Crippen LogP contribution is -2.03. The van der Waals surface area contributed by atoms with Gasteiger partial charge in [-0.25, -0.2) is 8.42 Å². The molecule has 0 aliphatic heterocycles. The van der Waals surface area contributed by atoms with Crippen LogP contribution in [0.3, 0.4) is 0 Å². The summed E-state index contributed by atoms with van der Waals surface area (Å²) < 4.78 is 31.0. The van der Waals surface area contributed by atoms with Gasteiger partial charge < -0.3 is 4.74 Å². The molecule has 0 saturated carbocycles. The molecule has 0 aliphatic rings. The highest BCUT2D eigenvalue weighted by Crippen LogP contribution is 2.22. The number of nitriles is 1. The Hall–Kier alpha value is -3.36. The summed E-state index contributed by atoms with van der Waals surface area (Å²) in [5.41, 5.74) is 2.86. The first-order chi connectivity index (χ1) is 13.5. The van der Waals surface area contributed by atoms with Crippen molar-refractivity contribution in [3.63, 3.8) is 0 Å². The minimum absolute atomic E-state index is 0.0981. The van der Waals surface area contributed by atoms with E-state index in [1.807, 2.05) is 25.1 Å². The Kier molecular flexibility index (Phi) is 5.93. The van der Waals surface area contributed by atoms with Crippen LogP contribution in [0, 0.1) is 18.3 Å². The number of allylic oxidation sites excluding steroid dienone is 1. The van der Waals surface area contributed by atoms with Crippen LogP contribution in [0.1, 0.15) is 16.7 Å². The Morgan fingerprint density at radius 2 is 1.71 bits per heavy atom. The molecule has 0 amide bonds. The molecule has 0 bridgehead atoms. The van der Waals surface area contributed by atoms with Crippen molar-refractivity contribution in [1.82, 2.24) is 0 Å². The van der Waals surface area contributed by atoms with E-state index in [2.05, 4.69) is 6.07 Å². The van der Waals surface area contributed by atoms with Gasteiger partial charge in [0.2, 0.25) is 9.84 Å². The minimum atomic E-state index is -3.84. The highest BCUT2D eigenvalue weighted by atomic mass is 32.2. The van der Waals surface area contributed by atoms with Crippen molar-refractivity contribution in [3.8, 4) is 11.8 Å². The lowest BCUT2D eigenvalue weighted by molar-refractivity contribution is 0.306. The molecule has 0 unspecified atom stereocenters. The second-order valence-corrected chi connectivity index (χ2v) is 8.20. The van der Waals surface area contributed by atoms with Crippen molar-refractivity contribution in [2.45, 2.75) is 18.4 Å². The fourth-order valence-corrected chi connectivity index (χ4v) is 3.86. The van der Waals surface area contributed by atoms with Gasteiger partial charge >= 0.3 is 0 Å². The molecule has 0 spiro atoms. The van der Waals surface area contributed by atoms with E-state index in [1.54, 1.807) is 48.5 Å². The second-order valence-electron chi connectivity index (χ2n) is 6.28. The monoisotopic (exact) mass is 389 g/mol. The number of aryl methyl sites for hydroxylation is 1. The zero-order valence-corrected chi connectivity index (χ0v) is 16.2. The number of sulfone groups is 1. The molecule has 0 N–H and O–H groups in total. The van der Waals surface area contributed by atoms with Crippen LogP contribution in [0.2, 0.25) is 0 Å². The summed E-state index contributed by atoms with van der Waals surface area (Å²) in [5.74, 6) is 0.670. The van der Waals surface area contributed by atoms with Gasteiger partial charge in [0.25, 0.3) is 0 Å². The molecule has 0 atom stereocenters. The molecule has 4 nitrogen and oxygen atoms in total. The predicted molar refractivity (Wildman–Crippen MR) is 109 cm³/mol. The van der Waals surface area contributed by atoms with E-state index in [0.29, 0.717) is 17.9 Å². The zero-order valence-electron chi connectivity index (χ0n) is 15.4. The Labute approximate surface area is 165 Å². The minimum Gasteiger partial charge on any atom is -0.489 e. The predicted octanol–water partition coefficient (Wildman–Crippen LogP) is 4.91. The Morgan fingerprint density at radius 1 is 1.00 bits per heavy atom. The smallest absolute Gasteiger partial charge is 0.216 e. The third-order valence-corrected chi connectivity index (χ3v) is 5.80. The molecule has 3 aromatic carbocycles. The first kappa shape index (κ1) is 19.4. The lowest BCUT2D eigenvalue weighted by atomic mass is 10.1. The highest BCUT2D eigenvalue weighted by Gasteiger charge is 2.20. The van der Waals surface area contributed by atoms with Crippen molar-refractivity contribution in [3.05, 3.63) is 100 Å². The zero-order chi connectivity index (χ0) is 20.0. The van der Waals surface area contributed by atoms with E-state index in [-0.39, 0.29) is 9.80 Å². The van der Waals surface area contributed by atoms with Crippen LogP contribution in [0.4, 0.5) is 0 Å². The van der Waals surface area contributed by atoms with E-state index in [0.717, 1.165) is 5.56 Å². The van der Waals surface area contributed by atoms with Gasteiger partial charge in [0.05, 0.1) is 4.90 Å². The van der Waals surface area contributed by atoms with E-state index in [1.165, 1.54) is 23.8 Å². The molecule has 3 aromatic rings. The summed E-state index contributed by atoms with van der Waals surface area (Å²) in [4.78, 5) is -0.201. The average molecular weight is 389 g/mol. The van der Waals surface area contributed by atoms with Gasteiger partial charge in [-0.2, -0.15) is 5.26 Å². The standard InChI is InChI=1S/C23H19NO3S/c1-18-6-5-7-20(14-18)17-27-21-12-10-19(11-13-21)15-23(16-24)28(25,26)22-8-3-2-4-9-22/h2-15H,17H2,1H3/b23-15+. The van der Waals surface area contributed by atoms with E-state index < -0.39 is 9.84 Å². The quantitative estimate of drug-likeness (QED) is 0.562. The maximum atomic E-state index is 12.6. The maximum Gasteiger partial charge on any atom is 0.216 e. The molecule has 28 heavy (non-hydrogen) atoms. The SMILES string of the molecule is Cc1cccc(COc2ccc(/C=C(\C#N)S(=O)(=O)c3ccccc3)cc2)c1. The van der Waals surface area contributed by atoms with Crippen molar-refractivity contribution < 1.29 is 13.2 Å². The molecule has 0 fully saturated rings. The summed E-state index contributed by atoms with van der Waals surface area (Å²) in [6, 6.07) is 24.8. The molecule has 5 heteroatoms. The third kappa shape index (κ3) is 4.67. The number of hydrogen-bond acceptors (Lipinski definition) is 4. The summed E-state index contributed by atoms with van der Waals surface area (Å²) in [7, 11) is -3.84. The molecule has 0 aliphatic carbocycles. The van der Waals surface area contributed by atoms with Crippen LogP contribution in [0.5, 0.6) is 5.75 Å². The van der Waals surface area contributed by atoms with Gasteiger partial charge in [0.1, 0.15) is 23.3 Å². The topological polar surface area (TPSA) is 67.2 Å². The summed E-state index contributed by atoms with van der Waals surface area (Å²) >= 11 is 0. The maximum absolute atomic E-state index is 12.6. The van der Waals surface area contributed by atoms with Crippen LogP contribution in [0.25, 0.3) is 6.08 Å². The molecule has 3 rings (SSSR count). The fraction of sp³-hybridized carbons (Fsp3) is 0.0870. The molecule has 0 saturated heterocycles. The Bertz CT molecular complexity index is 1130. The molecule has 0 aromatic heterocycles. The van der Waals surface area contributed by atoms with Gasteiger partial charge in [-0.15, -0.1) is 0 Å². The molecule has 0 radical (unpaired) electrons. The first-order valence-corrected chi connectivity index (χ1v) is 10.2. The van der Waals surface area contributed by atoms with Crippen LogP contribution >= 0.6 is 0 Å². The van der Waals surface area contributed by atoms with Crippen molar-refractivity contribution in [2.75, 3.05) is 0 Å². The molecule has 0 heterocycles. The normalized spacial score (nSPS) is 11.6. The number of rotatable bonds is 6. The third-order valence-electron chi connectivity index (χ3n) is 4.12. The van der Waals surface area contributed by atoms with E-state index >= 15 is 0 Å². The summed E-state index contributed by atoms with van der Waals surface area (Å²) in [5, 5.41) is 9.35. The average Bonchev–Trinajstić information content (AvgIpc) is 2.72. The van der Waals surface area contributed by atoms with Crippen LogP contribution in [-0.4, -0.2) is 8.42 Å². The number of ether oxygens (including phenoxy) is 1. The second kappa shape index (κ2) is 8.55. The van der Waals surface area contributed by atoms with Crippen molar-refractivity contribution in [1.29, 1.82) is 5.26 Å². The molecule has 140 valence electrons. The highest BCUT2D eigenvalue weighted by molar-refractivity contribution is 7.95. The van der Waals surface area contributed by atoms with E-state index in [4.69, 9.17) is 4.74 Å². The number of benzene rings is 3. The van der Waals surface area contributed by atoms with Crippen molar-refractivity contribution >= 4 is 15.9 Å². The lowest BCUT2D eigenvalue weighted by Gasteiger charge is -2.07. The van der Waals surface area contributed by atoms with Gasteiger partial charge in [-0.05, 0) is 48.4 Å². The number of hydrogen-bond donors (Lipinski definition) is 0. The Balaban J connectivity index is 1.76. The Morgan fingerprint density at radius 3 is 2.36 bits per heavy atom. The van der Waals surface area contributed by atoms with Gasteiger partial charge in [-0.3, -0.25) is 0 Å². The first-order valence-electron chi connectivity index (χ1n) is 8.69. The van der Waals surface area contributed by atoms with Gasteiger partial charge in [0.15, 0.2) is 0 Å². The fourth-order valence-electron chi connectivity index (χ4n) is 2.68. The largest absolute Gasteiger partial charge is 0.489 e. The van der Waals surface area contributed by atoms with Crippen molar-refractivity contribution in [2.24, 2.45) is 0 Å². The number of nitrogens with zero attached hydrogens (tertiary/aromatic N) is 1.